The number of aliphatic carboxylic acids is 1. The first-order chi connectivity index (χ1) is 16.9. The summed E-state index contributed by atoms with van der Waals surface area (Å²) in [6, 6.07) is 13.2. The monoisotopic (exact) mass is 495 g/mol. The smallest absolute Gasteiger partial charge is 0.344 e. The van der Waals surface area contributed by atoms with Crippen LogP contribution in [-0.2, 0) is 9.59 Å². The van der Waals surface area contributed by atoms with Crippen molar-refractivity contribution in [1.82, 2.24) is 4.90 Å². The molecule has 2 aliphatic heterocycles. The Labute approximate surface area is 209 Å². The number of benzene rings is 2. The Morgan fingerprint density at radius 2 is 1.83 bits per heavy atom. The van der Waals surface area contributed by atoms with Gasteiger partial charge in [-0.15, -0.1) is 0 Å². The zero-order valence-electron chi connectivity index (χ0n) is 20.1. The molecule has 184 valence electrons. The molecule has 0 aliphatic carbocycles. The number of rotatable bonds is 7. The Morgan fingerprint density at radius 3 is 2.49 bits per heavy atom. The highest BCUT2D eigenvalue weighted by Crippen LogP contribution is 2.35. The predicted octanol–water partition coefficient (Wildman–Crippen LogP) is 4.77. The lowest BCUT2D eigenvalue weighted by atomic mass is 10.1. The van der Waals surface area contributed by atoms with E-state index in [4.69, 9.17) is 14.6 Å². The Hall–Kier alpha value is -3.46. The van der Waals surface area contributed by atoms with Gasteiger partial charge in [-0.05, 0) is 86.0 Å². The minimum atomic E-state index is -1.07. The van der Waals surface area contributed by atoms with Crippen LogP contribution in [0.25, 0.3) is 6.08 Å². The van der Waals surface area contributed by atoms with Crippen molar-refractivity contribution < 1.29 is 24.2 Å². The van der Waals surface area contributed by atoms with Gasteiger partial charge in [0, 0.05) is 25.8 Å². The standard InChI is InChI=1S/C26H29N3O5S/c1-17(25(31)32)34-21-12-7-18(15-22(21)33-3)16-23-24(30)28(2)26(35-23)27-19-8-10-20(11-9-19)29-13-5-4-6-14-29/h7-12,15-17H,4-6,13-14H2,1-3H3,(H,31,32)/b23-16-,27-26?/t17-/m1/s1. The molecule has 2 fully saturated rings. The molecular weight excluding hydrogens is 466 g/mol. The van der Waals surface area contributed by atoms with E-state index in [2.05, 4.69) is 22.0 Å². The number of amides is 1. The summed E-state index contributed by atoms with van der Waals surface area (Å²) in [5, 5.41) is 9.68. The first-order valence-electron chi connectivity index (χ1n) is 11.5. The minimum Gasteiger partial charge on any atom is -0.493 e. The molecule has 35 heavy (non-hydrogen) atoms. The SMILES string of the molecule is COc1cc(/C=C2\SC(=Nc3ccc(N4CCCCC4)cc3)N(C)C2=O)ccc1O[C@H](C)C(=O)O. The maximum absolute atomic E-state index is 12.8. The number of aliphatic imine (C=N–C) groups is 1. The number of piperidine rings is 1. The number of anilines is 1. The fraction of sp³-hybridized carbons (Fsp3) is 0.346. The van der Waals surface area contributed by atoms with Crippen LogP contribution in [0.2, 0.25) is 0 Å². The second-order valence-electron chi connectivity index (χ2n) is 8.44. The molecule has 0 aromatic heterocycles. The highest BCUT2D eigenvalue weighted by molar-refractivity contribution is 8.18. The predicted molar refractivity (Wildman–Crippen MR) is 139 cm³/mol. The third kappa shape index (κ3) is 5.79. The van der Waals surface area contributed by atoms with Crippen molar-refractivity contribution in [3.05, 3.63) is 52.9 Å². The molecule has 2 aliphatic rings. The number of hydrogen-bond acceptors (Lipinski definition) is 7. The third-order valence-electron chi connectivity index (χ3n) is 5.94. The molecular formula is C26H29N3O5S. The van der Waals surface area contributed by atoms with Crippen molar-refractivity contribution in [2.24, 2.45) is 4.99 Å². The number of carboxylic acids is 1. The molecule has 2 heterocycles. The molecule has 2 aromatic rings. The second kappa shape index (κ2) is 10.9. The van der Waals surface area contributed by atoms with Crippen LogP contribution in [0.1, 0.15) is 31.7 Å². The van der Waals surface area contributed by atoms with Crippen molar-refractivity contribution in [3.8, 4) is 11.5 Å². The Bertz CT molecular complexity index is 1160. The van der Waals surface area contributed by atoms with Crippen LogP contribution in [0.5, 0.6) is 11.5 Å². The summed E-state index contributed by atoms with van der Waals surface area (Å²) in [4.78, 5) is 33.1. The summed E-state index contributed by atoms with van der Waals surface area (Å²) in [5.41, 5.74) is 2.73. The molecule has 1 N–H and O–H groups in total. The Balaban J connectivity index is 1.50. The number of hydrogen-bond donors (Lipinski definition) is 1. The van der Waals surface area contributed by atoms with Gasteiger partial charge >= 0.3 is 5.97 Å². The van der Waals surface area contributed by atoms with Gasteiger partial charge < -0.3 is 19.5 Å². The number of likely N-dealkylation sites (N-methyl/N-ethyl adjacent to an activating group) is 1. The van der Waals surface area contributed by atoms with E-state index in [0.29, 0.717) is 21.6 Å². The molecule has 2 saturated heterocycles. The largest absolute Gasteiger partial charge is 0.493 e. The summed E-state index contributed by atoms with van der Waals surface area (Å²) in [6.45, 7) is 3.63. The van der Waals surface area contributed by atoms with E-state index in [1.807, 2.05) is 12.1 Å². The number of nitrogens with zero attached hydrogens (tertiary/aromatic N) is 3. The summed E-state index contributed by atoms with van der Waals surface area (Å²) in [6.07, 6.45) is 4.50. The lowest BCUT2D eigenvalue weighted by Gasteiger charge is -2.28. The molecule has 8 nitrogen and oxygen atoms in total. The van der Waals surface area contributed by atoms with Gasteiger partial charge in [-0.3, -0.25) is 9.69 Å². The molecule has 1 atom stereocenters. The highest BCUT2D eigenvalue weighted by atomic mass is 32.2. The van der Waals surface area contributed by atoms with E-state index in [0.717, 1.165) is 24.3 Å². The van der Waals surface area contributed by atoms with Crippen LogP contribution in [0.4, 0.5) is 11.4 Å². The van der Waals surface area contributed by atoms with E-state index < -0.39 is 12.1 Å². The molecule has 0 saturated carbocycles. The fourth-order valence-corrected chi connectivity index (χ4v) is 4.90. The first kappa shape index (κ1) is 24.7. The molecule has 0 bridgehead atoms. The summed E-state index contributed by atoms with van der Waals surface area (Å²) >= 11 is 1.31. The van der Waals surface area contributed by atoms with Gasteiger partial charge in [-0.1, -0.05) is 6.07 Å². The lowest BCUT2D eigenvalue weighted by Crippen LogP contribution is -2.29. The van der Waals surface area contributed by atoms with Crippen LogP contribution in [0.15, 0.2) is 52.4 Å². The summed E-state index contributed by atoms with van der Waals surface area (Å²) in [7, 11) is 3.19. The molecule has 0 unspecified atom stereocenters. The van der Waals surface area contributed by atoms with Crippen molar-refractivity contribution in [3.63, 3.8) is 0 Å². The molecule has 0 spiro atoms. The molecule has 1 amide bonds. The van der Waals surface area contributed by atoms with Gasteiger partial charge in [0.15, 0.2) is 22.8 Å². The normalized spacial score (nSPS) is 19.3. The number of ether oxygens (including phenoxy) is 2. The number of thioether (sulfide) groups is 1. The van der Waals surface area contributed by atoms with Crippen LogP contribution in [-0.4, -0.2) is 60.4 Å². The first-order valence-corrected chi connectivity index (χ1v) is 12.4. The fourth-order valence-electron chi connectivity index (χ4n) is 3.92. The van der Waals surface area contributed by atoms with Crippen molar-refractivity contribution in [1.29, 1.82) is 0 Å². The number of carbonyl (C=O) groups excluding carboxylic acids is 1. The van der Waals surface area contributed by atoms with Gasteiger partial charge in [-0.2, -0.15) is 0 Å². The maximum atomic E-state index is 12.8. The van der Waals surface area contributed by atoms with Crippen LogP contribution < -0.4 is 14.4 Å². The van der Waals surface area contributed by atoms with Gasteiger partial charge in [-0.25, -0.2) is 9.79 Å². The van der Waals surface area contributed by atoms with E-state index in [-0.39, 0.29) is 5.91 Å². The Kier molecular flexibility index (Phi) is 7.65. The quantitative estimate of drug-likeness (QED) is 0.553. The molecule has 0 radical (unpaired) electrons. The van der Waals surface area contributed by atoms with Gasteiger partial charge in [0.05, 0.1) is 17.7 Å². The average Bonchev–Trinajstić information content (AvgIpc) is 3.13. The van der Waals surface area contributed by atoms with Crippen molar-refractivity contribution >= 4 is 46.3 Å². The van der Waals surface area contributed by atoms with Gasteiger partial charge in [0.2, 0.25) is 0 Å². The lowest BCUT2D eigenvalue weighted by molar-refractivity contribution is -0.144. The average molecular weight is 496 g/mol. The number of methoxy groups -OCH3 is 1. The maximum Gasteiger partial charge on any atom is 0.344 e. The Morgan fingerprint density at radius 1 is 1.11 bits per heavy atom. The van der Waals surface area contributed by atoms with Crippen LogP contribution in [0, 0.1) is 0 Å². The topological polar surface area (TPSA) is 91.7 Å². The van der Waals surface area contributed by atoms with E-state index in [1.165, 1.54) is 55.6 Å². The van der Waals surface area contributed by atoms with E-state index >= 15 is 0 Å². The van der Waals surface area contributed by atoms with Gasteiger partial charge in [0.1, 0.15) is 0 Å². The molecule has 4 rings (SSSR count). The molecule has 2 aromatic carbocycles. The zero-order valence-corrected chi connectivity index (χ0v) is 20.9. The second-order valence-corrected chi connectivity index (χ2v) is 9.45. The molecule has 9 heteroatoms. The number of carbonyl (C=O) groups is 2. The summed E-state index contributed by atoms with van der Waals surface area (Å²) in [5.74, 6) is -0.499. The third-order valence-corrected chi connectivity index (χ3v) is 7.00. The van der Waals surface area contributed by atoms with Crippen LogP contribution >= 0.6 is 11.8 Å². The number of carboxylic acid groups (broad SMARTS) is 1. The zero-order chi connectivity index (χ0) is 24.9. The van der Waals surface area contributed by atoms with E-state index in [1.54, 1.807) is 31.3 Å². The van der Waals surface area contributed by atoms with E-state index in [9.17, 15) is 9.59 Å². The van der Waals surface area contributed by atoms with Crippen molar-refractivity contribution in [2.45, 2.75) is 32.3 Å². The summed E-state index contributed by atoms with van der Waals surface area (Å²) < 4.78 is 10.8. The van der Waals surface area contributed by atoms with Gasteiger partial charge in [0.25, 0.3) is 5.91 Å². The van der Waals surface area contributed by atoms with Crippen molar-refractivity contribution in [2.75, 3.05) is 32.1 Å². The van der Waals surface area contributed by atoms with Crippen LogP contribution in [0.3, 0.4) is 0 Å². The number of amidine groups is 1. The minimum absolute atomic E-state index is 0.141. The highest BCUT2D eigenvalue weighted by Gasteiger charge is 2.30.